The maximum absolute atomic E-state index is 14.1. The van der Waals surface area contributed by atoms with Crippen molar-refractivity contribution in [2.24, 2.45) is 4.99 Å². The molecular weight excluding hydrogens is 309 g/mol. The smallest absolute Gasteiger partial charge is 0.318 e. The molecule has 0 atom stereocenters. The molecule has 22 heavy (non-hydrogen) atoms. The van der Waals surface area contributed by atoms with E-state index in [1.165, 1.54) is 29.7 Å². The number of carbonyl (C=O) groups is 1. The molecule has 0 radical (unpaired) electrons. The van der Waals surface area contributed by atoms with E-state index in [2.05, 4.69) is 10.1 Å². The van der Waals surface area contributed by atoms with Crippen molar-refractivity contribution in [2.75, 3.05) is 13.7 Å². The van der Waals surface area contributed by atoms with E-state index >= 15 is 0 Å². The number of carbonyl (C=O) groups excluding carboxylic acids is 1. The summed E-state index contributed by atoms with van der Waals surface area (Å²) in [5.74, 6) is -0.884. The fourth-order valence-corrected chi connectivity index (χ4v) is 3.10. The fraction of sp³-hybridized carbons (Fsp3) is 0.214. The van der Waals surface area contributed by atoms with Crippen molar-refractivity contribution in [2.45, 2.75) is 6.54 Å². The van der Waals surface area contributed by atoms with Crippen LogP contribution in [0.2, 0.25) is 0 Å². The number of methoxy groups -OCH3 is 1. The molecule has 0 saturated heterocycles. The van der Waals surface area contributed by atoms with Gasteiger partial charge in [-0.15, -0.1) is 0 Å². The summed E-state index contributed by atoms with van der Waals surface area (Å²) in [5.41, 5.74) is 0.411. The van der Waals surface area contributed by atoms with Gasteiger partial charge in [0.2, 0.25) is 5.76 Å². The van der Waals surface area contributed by atoms with Gasteiger partial charge in [0.15, 0.2) is 4.80 Å². The zero-order valence-electron chi connectivity index (χ0n) is 11.7. The molecule has 0 aliphatic heterocycles. The van der Waals surface area contributed by atoms with Crippen LogP contribution in [0.4, 0.5) is 4.39 Å². The molecule has 3 aromatic rings. The minimum absolute atomic E-state index is 0.0382. The second-order valence-corrected chi connectivity index (χ2v) is 5.42. The lowest BCUT2D eigenvalue weighted by molar-refractivity contribution is 0.0962. The highest BCUT2D eigenvalue weighted by Crippen LogP contribution is 2.20. The number of hydrogen-bond acceptors (Lipinski definition) is 5. The van der Waals surface area contributed by atoms with Gasteiger partial charge < -0.3 is 13.8 Å². The Morgan fingerprint density at radius 1 is 1.50 bits per heavy atom. The van der Waals surface area contributed by atoms with Gasteiger partial charge in [0.1, 0.15) is 5.82 Å². The average molecular weight is 321 g/mol. The van der Waals surface area contributed by atoms with E-state index in [9.17, 15) is 9.18 Å². The van der Waals surface area contributed by atoms with Crippen LogP contribution in [0.25, 0.3) is 10.2 Å². The first-order chi connectivity index (χ1) is 10.7. The van der Waals surface area contributed by atoms with E-state index in [1.807, 2.05) is 0 Å². The van der Waals surface area contributed by atoms with Gasteiger partial charge in [-0.2, -0.15) is 4.99 Å². The number of fused-ring (bicyclic) bond motifs is 1. The van der Waals surface area contributed by atoms with Crippen molar-refractivity contribution < 1.29 is 18.4 Å². The Bertz CT molecular complexity index is 867. The van der Waals surface area contributed by atoms with Crippen LogP contribution in [0.5, 0.6) is 0 Å². The maximum Gasteiger partial charge on any atom is 0.318 e. The third kappa shape index (κ3) is 2.70. The second-order valence-electron chi connectivity index (χ2n) is 4.41. The summed E-state index contributed by atoms with van der Waals surface area (Å²) in [5, 5.41) is 3.47. The van der Waals surface area contributed by atoms with Crippen LogP contribution in [-0.4, -0.2) is 29.3 Å². The first-order valence-electron chi connectivity index (χ1n) is 6.47. The highest BCUT2D eigenvalue weighted by atomic mass is 32.1. The van der Waals surface area contributed by atoms with Gasteiger partial charge in [-0.3, -0.25) is 4.79 Å². The van der Waals surface area contributed by atoms with E-state index in [-0.39, 0.29) is 11.6 Å². The van der Waals surface area contributed by atoms with Crippen molar-refractivity contribution in [3.63, 3.8) is 0 Å². The lowest BCUT2D eigenvalue weighted by atomic mass is 10.3. The summed E-state index contributed by atoms with van der Waals surface area (Å²) in [6, 6.07) is 6.21. The van der Waals surface area contributed by atoms with Crippen molar-refractivity contribution >= 4 is 27.5 Å². The molecule has 0 unspecified atom stereocenters. The number of hydrogen-bond donors (Lipinski definition) is 0. The van der Waals surface area contributed by atoms with Crippen LogP contribution in [0.3, 0.4) is 0 Å². The molecule has 3 rings (SSSR count). The number of benzene rings is 1. The molecule has 0 N–H and O–H groups in total. The monoisotopic (exact) mass is 321 g/mol. The Hall–Kier alpha value is -2.32. The van der Waals surface area contributed by atoms with Crippen molar-refractivity contribution in [3.8, 4) is 0 Å². The number of halogens is 1. The first kappa shape index (κ1) is 14.6. The van der Waals surface area contributed by atoms with E-state index < -0.39 is 5.91 Å². The molecule has 1 amide bonds. The maximum atomic E-state index is 14.1. The Kier molecular flexibility index (Phi) is 4.12. The van der Waals surface area contributed by atoms with Crippen LogP contribution < -0.4 is 4.80 Å². The summed E-state index contributed by atoms with van der Waals surface area (Å²) < 4.78 is 26.3. The molecule has 0 aliphatic carbocycles. The number of nitrogens with zero attached hydrogens (tertiary/aromatic N) is 3. The molecule has 6 nitrogen and oxygen atoms in total. The van der Waals surface area contributed by atoms with E-state index in [0.717, 1.165) is 0 Å². The third-order valence-electron chi connectivity index (χ3n) is 3.02. The Labute approximate surface area is 128 Å². The summed E-state index contributed by atoms with van der Waals surface area (Å²) in [4.78, 5) is 16.4. The normalized spacial score (nSPS) is 12.2. The van der Waals surface area contributed by atoms with E-state index in [4.69, 9.17) is 9.26 Å². The molecule has 0 fully saturated rings. The van der Waals surface area contributed by atoms with Crippen molar-refractivity contribution in [3.05, 3.63) is 46.8 Å². The minimum Gasteiger partial charge on any atom is -0.383 e. The molecular formula is C14H12FN3O3S. The van der Waals surface area contributed by atoms with Crippen LogP contribution in [0, 0.1) is 5.82 Å². The van der Waals surface area contributed by atoms with Gasteiger partial charge in [0.25, 0.3) is 0 Å². The quantitative estimate of drug-likeness (QED) is 0.739. The molecule has 0 bridgehead atoms. The first-order valence-corrected chi connectivity index (χ1v) is 7.29. The number of ether oxygens (including phenoxy) is 1. The number of amides is 1. The molecule has 0 saturated carbocycles. The molecule has 2 aromatic heterocycles. The minimum atomic E-state index is -0.560. The molecule has 0 aliphatic rings. The highest BCUT2D eigenvalue weighted by Gasteiger charge is 2.13. The van der Waals surface area contributed by atoms with Gasteiger partial charge in [-0.1, -0.05) is 22.6 Å². The molecule has 2 heterocycles. The van der Waals surface area contributed by atoms with E-state index in [1.54, 1.807) is 23.8 Å². The summed E-state index contributed by atoms with van der Waals surface area (Å²) in [7, 11) is 1.56. The topological polar surface area (TPSA) is 69.6 Å². The number of rotatable bonds is 4. The molecule has 0 spiro atoms. The Morgan fingerprint density at radius 2 is 2.36 bits per heavy atom. The SMILES string of the molecule is COCCn1c(=NC(=O)c2ccno2)sc2cccc(F)c21. The highest BCUT2D eigenvalue weighted by molar-refractivity contribution is 7.16. The average Bonchev–Trinajstić information content (AvgIpc) is 3.13. The fourth-order valence-electron chi connectivity index (χ4n) is 2.03. The number of thiazole rings is 1. The third-order valence-corrected chi connectivity index (χ3v) is 4.06. The van der Waals surface area contributed by atoms with E-state index in [0.29, 0.717) is 28.2 Å². The number of aromatic nitrogens is 2. The van der Waals surface area contributed by atoms with Gasteiger partial charge in [0, 0.05) is 19.7 Å². The predicted octanol–water partition coefficient (Wildman–Crippen LogP) is 2.22. The van der Waals surface area contributed by atoms with Crippen LogP contribution in [-0.2, 0) is 11.3 Å². The number of para-hydroxylation sites is 1. The largest absolute Gasteiger partial charge is 0.383 e. The van der Waals surface area contributed by atoms with Crippen molar-refractivity contribution in [1.82, 2.24) is 9.72 Å². The predicted molar refractivity (Wildman–Crippen MR) is 78.0 cm³/mol. The summed E-state index contributed by atoms with van der Waals surface area (Å²) in [6.45, 7) is 0.768. The van der Waals surface area contributed by atoms with Crippen LogP contribution >= 0.6 is 11.3 Å². The second kappa shape index (κ2) is 6.20. The van der Waals surface area contributed by atoms with Gasteiger partial charge >= 0.3 is 5.91 Å². The molecule has 1 aromatic carbocycles. The van der Waals surface area contributed by atoms with Crippen molar-refractivity contribution in [1.29, 1.82) is 0 Å². The van der Waals surface area contributed by atoms with Gasteiger partial charge in [-0.25, -0.2) is 4.39 Å². The Balaban J connectivity index is 2.15. The standard InChI is InChI=1S/C14H12FN3O3S/c1-20-8-7-18-12-9(15)3-2-4-11(12)22-14(18)17-13(19)10-5-6-16-21-10/h2-6H,7-8H2,1H3. The van der Waals surface area contributed by atoms with Gasteiger partial charge in [-0.05, 0) is 12.1 Å². The van der Waals surface area contributed by atoms with Gasteiger partial charge in [0.05, 0.1) is 23.0 Å². The van der Waals surface area contributed by atoms with Crippen LogP contribution in [0.15, 0.2) is 40.0 Å². The lowest BCUT2D eigenvalue weighted by Crippen LogP contribution is -2.19. The molecule has 8 heteroatoms. The Morgan fingerprint density at radius 3 is 3.09 bits per heavy atom. The van der Waals surface area contributed by atoms with Crippen LogP contribution in [0.1, 0.15) is 10.6 Å². The lowest BCUT2D eigenvalue weighted by Gasteiger charge is -2.04. The zero-order chi connectivity index (χ0) is 15.5. The summed E-state index contributed by atoms with van der Waals surface area (Å²) in [6.07, 6.45) is 1.37. The molecule has 114 valence electrons. The zero-order valence-corrected chi connectivity index (χ0v) is 12.5. The summed E-state index contributed by atoms with van der Waals surface area (Å²) >= 11 is 1.23.